The molecule has 1 atom stereocenters. The van der Waals surface area contributed by atoms with Crippen LogP contribution >= 0.6 is 15.9 Å². The maximum Gasteiger partial charge on any atom is 0.256 e. The van der Waals surface area contributed by atoms with E-state index in [-0.39, 0.29) is 11.9 Å². The lowest BCUT2D eigenvalue weighted by molar-refractivity contribution is 0.0932. The molecule has 1 aromatic carbocycles. The second-order valence-corrected chi connectivity index (χ2v) is 7.00. The number of aromatic nitrogens is 4. The number of benzene rings is 1. The lowest BCUT2D eigenvalue weighted by Gasteiger charge is -2.24. The van der Waals surface area contributed by atoms with Gasteiger partial charge >= 0.3 is 0 Å². The fraction of sp³-hybridized carbons (Fsp3) is 0.278. The van der Waals surface area contributed by atoms with Crippen molar-refractivity contribution in [1.29, 1.82) is 0 Å². The minimum atomic E-state index is -0.130. The van der Waals surface area contributed by atoms with Crippen molar-refractivity contribution in [2.75, 3.05) is 0 Å². The molecule has 2 N–H and O–H groups in total. The largest absolute Gasteiger partial charge is 0.345 e. The summed E-state index contributed by atoms with van der Waals surface area (Å²) < 4.78 is 2.65. The maximum atomic E-state index is 12.5. The van der Waals surface area contributed by atoms with Gasteiger partial charge in [-0.25, -0.2) is 0 Å². The predicted molar refractivity (Wildman–Crippen MR) is 97.2 cm³/mol. The summed E-state index contributed by atoms with van der Waals surface area (Å²) in [5, 5.41) is 14.3. The Labute approximate surface area is 153 Å². The van der Waals surface area contributed by atoms with E-state index in [4.69, 9.17) is 0 Å². The summed E-state index contributed by atoms with van der Waals surface area (Å²) in [5.41, 5.74) is 4.08. The van der Waals surface area contributed by atoms with Gasteiger partial charge in [0, 0.05) is 11.3 Å². The van der Waals surface area contributed by atoms with Gasteiger partial charge in [0.1, 0.15) is 4.60 Å². The Morgan fingerprint density at radius 1 is 1.32 bits per heavy atom. The van der Waals surface area contributed by atoms with Crippen molar-refractivity contribution in [2.24, 2.45) is 0 Å². The highest BCUT2D eigenvalue weighted by atomic mass is 79.9. The summed E-state index contributed by atoms with van der Waals surface area (Å²) in [7, 11) is 0. The summed E-state index contributed by atoms with van der Waals surface area (Å²) in [6, 6.07) is 10.3. The SMILES string of the molecule is O=C(NC1CCCc2c1cnn2Cc1ccccc1)c1cn[nH]c1Br. The number of carbonyl (C=O) groups excluding carboxylic acids is 1. The maximum absolute atomic E-state index is 12.5. The first-order valence-corrected chi connectivity index (χ1v) is 9.10. The molecule has 0 aliphatic heterocycles. The van der Waals surface area contributed by atoms with Gasteiger partial charge in [0.2, 0.25) is 0 Å². The van der Waals surface area contributed by atoms with Gasteiger partial charge in [-0.15, -0.1) is 0 Å². The molecule has 128 valence electrons. The van der Waals surface area contributed by atoms with Gasteiger partial charge in [-0.3, -0.25) is 14.6 Å². The van der Waals surface area contributed by atoms with Crippen molar-refractivity contribution < 1.29 is 4.79 Å². The Balaban J connectivity index is 1.55. The van der Waals surface area contributed by atoms with E-state index in [1.54, 1.807) is 0 Å². The number of hydrogen-bond acceptors (Lipinski definition) is 3. The van der Waals surface area contributed by atoms with Crippen molar-refractivity contribution in [3.63, 3.8) is 0 Å². The number of fused-ring (bicyclic) bond motifs is 1. The number of amides is 1. The van der Waals surface area contributed by atoms with Crippen molar-refractivity contribution in [3.05, 3.63) is 69.7 Å². The fourth-order valence-electron chi connectivity index (χ4n) is 3.33. The highest BCUT2D eigenvalue weighted by Crippen LogP contribution is 2.30. The van der Waals surface area contributed by atoms with Crippen LogP contribution in [-0.2, 0) is 13.0 Å². The molecule has 0 saturated carbocycles. The Hall–Kier alpha value is -2.41. The van der Waals surface area contributed by atoms with E-state index in [0.717, 1.165) is 31.4 Å². The third-order valence-electron chi connectivity index (χ3n) is 4.58. The molecule has 0 radical (unpaired) electrons. The number of hydrogen-bond donors (Lipinski definition) is 2. The zero-order valence-electron chi connectivity index (χ0n) is 13.6. The molecule has 4 rings (SSSR count). The summed E-state index contributed by atoms with van der Waals surface area (Å²) >= 11 is 3.31. The molecular weight excluding hydrogens is 382 g/mol. The Morgan fingerprint density at radius 3 is 2.92 bits per heavy atom. The lowest BCUT2D eigenvalue weighted by Crippen LogP contribution is -2.31. The van der Waals surface area contributed by atoms with E-state index in [1.807, 2.05) is 24.4 Å². The topological polar surface area (TPSA) is 75.6 Å². The van der Waals surface area contributed by atoms with Crippen LogP contribution < -0.4 is 5.32 Å². The van der Waals surface area contributed by atoms with Gasteiger partial charge in [-0.1, -0.05) is 30.3 Å². The lowest BCUT2D eigenvalue weighted by atomic mass is 9.92. The molecule has 2 heterocycles. The first-order valence-electron chi connectivity index (χ1n) is 8.30. The van der Waals surface area contributed by atoms with Crippen LogP contribution in [0.2, 0.25) is 0 Å². The first-order chi connectivity index (χ1) is 12.2. The third kappa shape index (κ3) is 3.24. The summed E-state index contributed by atoms with van der Waals surface area (Å²) in [6.45, 7) is 0.754. The molecule has 3 aromatic rings. The highest BCUT2D eigenvalue weighted by Gasteiger charge is 2.26. The molecule has 1 aliphatic carbocycles. The molecule has 1 aliphatic rings. The molecule has 1 unspecified atom stereocenters. The van der Waals surface area contributed by atoms with E-state index in [2.05, 4.69) is 53.4 Å². The van der Waals surface area contributed by atoms with Gasteiger partial charge in [-0.05, 0) is 40.8 Å². The predicted octanol–water partition coefficient (Wildman–Crippen LogP) is 3.22. The van der Waals surface area contributed by atoms with Crippen LogP contribution in [0.3, 0.4) is 0 Å². The van der Waals surface area contributed by atoms with Gasteiger partial charge in [0.25, 0.3) is 5.91 Å². The third-order valence-corrected chi connectivity index (χ3v) is 5.19. The molecule has 6 nitrogen and oxygen atoms in total. The van der Waals surface area contributed by atoms with Crippen LogP contribution in [0, 0.1) is 0 Å². The van der Waals surface area contributed by atoms with Gasteiger partial charge in [0.15, 0.2) is 0 Å². The van der Waals surface area contributed by atoms with E-state index in [0.29, 0.717) is 10.2 Å². The van der Waals surface area contributed by atoms with Gasteiger partial charge in [-0.2, -0.15) is 10.2 Å². The molecule has 0 spiro atoms. The Morgan fingerprint density at radius 2 is 2.16 bits per heavy atom. The molecule has 0 fully saturated rings. The fourth-order valence-corrected chi connectivity index (χ4v) is 3.71. The molecule has 7 heteroatoms. The van der Waals surface area contributed by atoms with Crippen molar-refractivity contribution >= 4 is 21.8 Å². The first kappa shape index (κ1) is 16.1. The van der Waals surface area contributed by atoms with Crippen LogP contribution in [0.25, 0.3) is 0 Å². The Kier molecular flexibility index (Phi) is 4.40. The molecule has 2 aromatic heterocycles. The van der Waals surface area contributed by atoms with Gasteiger partial charge < -0.3 is 5.32 Å². The quantitative estimate of drug-likeness (QED) is 0.706. The number of H-pyrrole nitrogens is 1. The standard InChI is InChI=1S/C18H18BrN5O/c19-17-14(9-20-23-17)18(25)22-15-7-4-8-16-13(15)10-21-24(16)11-12-5-2-1-3-6-12/h1-3,5-6,9-10,15H,4,7-8,11H2,(H,20,23)(H,22,25). The molecule has 0 saturated heterocycles. The van der Waals surface area contributed by atoms with Crippen molar-refractivity contribution in [1.82, 2.24) is 25.3 Å². The molecule has 1 amide bonds. The van der Waals surface area contributed by atoms with Gasteiger partial charge in [0.05, 0.1) is 30.5 Å². The van der Waals surface area contributed by atoms with Crippen molar-refractivity contribution in [3.8, 4) is 0 Å². The normalized spacial score (nSPS) is 16.4. The monoisotopic (exact) mass is 399 g/mol. The molecular formula is C18H18BrN5O. The van der Waals surface area contributed by atoms with Crippen LogP contribution in [0.5, 0.6) is 0 Å². The minimum Gasteiger partial charge on any atom is -0.345 e. The van der Waals surface area contributed by atoms with Crippen LogP contribution in [0.1, 0.15) is 46.1 Å². The van der Waals surface area contributed by atoms with E-state index in [1.165, 1.54) is 17.5 Å². The second-order valence-electron chi connectivity index (χ2n) is 6.21. The highest BCUT2D eigenvalue weighted by molar-refractivity contribution is 9.10. The summed E-state index contributed by atoms with van der Waals surface area (Å²) in [6.07, 6.45) is 6.37. The number of nitrogens with zero attached hydrogens (tertiary/aromatic N) is 3. The number of rotatable bonds is 4. The molecule has 0 bridgehead atoms. The van der Waals surface area contributed by atoms with Crippen LogP contribution in [0.15, 0.2) is 47.3 Å². The number of carbonyl (C=O) groups is 1. The number of aromatic amines is 1. The van der Waals surface area contributed by atoms with E-state index < -0.39 is 0 Å². The minimum absolute atomic E-state index is 0.0115. The average molecular weight is 400 g/mol. The van der Waals surface area contributed by atoms with Crippen LogP contribution in [0.4, 0.5) is 0 Å². The Bertz CT molecular complexity index is 886. The van der Waals surface area contributed by atoms with Crippen molar-refractivity contribution in [2.45, 2.75) is 31.8 Å². The van der Waals surface area contributed by atoms with E-state index in [9.17, 15) is 4.79 Å². The second kappa shape index (κ2) is 6.84. The molecule has 25 heavy (non-hydrogen) atoms. The number of halogens is 1. The summed E-state index contributed by atoms with van der Waals surface area (Å²) in [4.78, 5) is 12.5. The van der Waals surface area contributed by atoms with E-state index >= 15 is 0 Å². The zero-order valence-corrected chi connectivity index (χ0v) is 15.2. The smallest absolute Gasteiger partial charge is 0.256 e. The average Bonchev–Trinajstić information content (AvgIpc) is 3.23. The number of nitrogens with one attached hydrogen (secondary N) is 2. The zero-order chi connectivity index (χ0) is 17.2. The summed E-state index contributed by atoms with van der Waals surface area (Å²) in [5.74, 6) is -0.130. The van der Waals surface area contributed by atoms with Crippen LogP contribution in [-0.4, -0.2) is 25.9 Å².